The molecule has 7 nitrogen and oxygen atoms in total. The molecule has 2 rings (SSSR count). The van der Waals surface area contributed by atoms with Gasteiger partial charge in [0, 0.05) is 17.6 Å². The lowest BCUT2D eigenvalue weighted by atomic mass is 10.2. The van der Waals surface area contributed by atoms with Crippen LogP contribution < -0.4 is 14.8 Å². The molecule has 1 aromatic carbocycles. The van der Waals surface area contributed by atoms with Crippen LogP contribution in [0.3, 0.4) is 0 Å². The quantitative estimate of drug-likeness (QED) is 0.699. The predicted molar refractivity (Wildman–Crippen MR) is 93.7 cm³/mol. The van der Waals surface area contributed by atoms with Crippen LogP contribution in [0.15, 0.2) is 24.8 Å². The van der Waals surface area contributed by atoms with Crippen LogP contribution in [0, 0.1) is 0 Å². The molecule has 130 valence electrons. The van der Waals surface area contributed by atoms with E-state index in [9.17, 15) is 0 Å². The van der Waals surface area contributed by atoms with Gasteiger partial charge in [-0.2, -0.15) is 0 Å². The molecule has 0 aliphatic rings. The molecule has 0 saturated carbocycles. The number of aromatic nitrogens is 4. The minimum absolute atomic E-state index is 0.0350. The Balaban J connectivity index is 2.18. The highest BCUT2D eigenvalue weighted by atomic mass is 35.5. The maximum Gasteiger partial charge on any atom is 0.243 e. The number of tetrazole rings is 1. The maximum atomic E-state index is 6.38. The van der Waals surface area contributed by atoms with Crippen molar-refractivity contribution in [2.24, 2.45) is 0 Å². The summed E-state index contributed by atoms with van der Waals surface area (Å²) < 4.78 is 13.0. The normalized spacial score (nSPS) is 10.7. The van der Waals surface area contributed by atoms with Crippen molar-refractivity contribution in [3.8, 4) is 11.5 Å². The van der Waals surface area contributed by atoms with Gasteiger partial charge in [0.15, 0.2) is 11.5 Å². The standard InChI is InChI=1S/C16H22ClN5O2/c1-5-7-22-16(19-20-21-22)18-10-12-8-14(23-6-2)15(9-13(12)17)24-11(3)4/h5,8-9,11H,1,6-7,10H2,2-4H3,(H,18,19,21). The molecular formula is C16H22ClN5O2. The average molecular weight is 352 g/mol. The van der Waals surface area contributed by atoms with Crippen molar-refractivity contribution in [2.45, 2.75) is 40.0 Å². The summed E-state index contributed by atoms with van der Waals surface area (Å²) in [5, 5.41) is 15.2. The van der Waals surface area contributed by atoms with Crippen LogP contribution in [0.4, 0.5) is 5.95 Å². The lowest BCUT2D eigenvalue weighted by Gasteiger charge is -2.17. The number of anilines is 1. The molecule has 0 spiro atoms. The molecule has 0 radical (unpaired) electrons. The fourth-order valence-electron chi connectivity index (χ4n) is 2.08. The summed E-state index contributed by atoms with van der Waals surface area (Å²) >= 11 is 6.38. The molecular weight excluding hydrogens is 330 g/mol. The summed E-state index contributed by atoms with van der Waals surface area (Å²) in [6.45, 7) is 11.0. The van der Waals surface area contributed by atoms with Gasteiger partial charge in [0.25, 0.3) is 0 Å². The molecule has 2 aromatic rings. The Labute approximate surface area is 146 Å². The zero-order valence-corrected chi connectivity index (χ0v) is 14.9. The molecule has 0 saturated heterocycles. The number of nitrogens with one attached hydrogen (secondary N) is 1. The van der Waals surface area contributed by atoms with Crippen molar-refractivity contribution in [1.82, 2.24) is 20.2 Å². The van der Waals surface area contributed by atoms with E-state index in [0.717, 1.165) is 5.56 Å². The minimum atomic E-state index is 0.0350. The first-order valence-electron chi connectivity index (χ1n) is 7.78. The van der Waals surface area contributed by atoms with Gasteiger partial charge in [-0.1, -0.05) is 22.8 Å². The number of rotatable bonds is 9. The molecule has 1 heterocycles. The van der Waals surface area contributed by atoms with Crippen LogP contribution >= 0.6 is 11.6 Å². The van der Waals surface area contributed by atoms with Crippen molar-refractivity contribution >= 4 is 17.5 Å². The van der Waals surface area contributed by atoms with E-state index < -0.39 is 0 Å². The first-order valence-corrected chi connectivity index (χ1v) is 8.15. The summed E-state index contributed by atoms with van der Waals surface area (Å²) in [7, 11) is 0. The van der Waals surface area contributed by atoms with Gasteiger partial charge < -0.3 is 14.8 Å². The SMILES string of the molecule is C=CCn1nnnc1NCc1cc(OCC)c(OC(C)C)cc1Cl. The fourth-order valence-corrected chi connectivity index (χ4v) is 2.30. The second kappa shape index (κ2) is 8.54. The Morgan fingerprint density at radius 3 is 2.83 bits per heavy atom. The average Bonchev–Trinajstić information content (AvgIpc) is 2.96. The molecule has 0 amide bonds. The number of hydrogen-bond donors (Lipinski definition) is 1. The zero-order chi connectivity index (χ0) is 17.5. The molecule has 1 N–H and O–H groups in total. The molecule has 0 unspecified atom stereocenters. The van der Waals surface area contributed by atoms with E-state index in [0.29, 0.717) is 42.2 Å². The van der Waals surface area contributed by atoms with Crippen molar-refractivity contribution < 1.29 is 9.47 Å². The molecule has 24 heavy (non-hydrogen) atoms. The predicted octanol–water partition coefficient (Wildman–Crippen LogP) is 3.31. The number of allylic oxidation sites excluding steroid dienone is 1. The van der Waals surface area contributed by atoms with Crippen molar-refractivity contribution in [3.63, 3.8) is 0 Å². The first-order chi connectivity index (χ1) is 11.5. The number of ether oxygens (including phenoxy) is 2. The largest absolute Gasteiger partial charge is 0.490 e. The minimum Gasteiger partial charge on any atom is -0.490 e. The van der Waals surface area contributed by atoms with Gasteiger partial charge in [-0.15, -0.1) is 6.58 Å². The van der Waals surface area contributed by atoms with Gasteiger partial charge in [-0.05, 0) is 42.8 Å². The van der Waals surface area contributed by atoms with Crippen molar-refractivity contribution in [3.05, 3.63) is 35.4 Å². The van der Waals surface area contributed by atoms with Gasteiger partial charge >= 0.3 is 0 Å². The van der Waals surface area contributed by atoms with Crippen LogP contribution in [-0.2, 0) is 13.1 Å². The summed E-state index contributed by atoms with van der Waals surface area (Å²) in [4.78, 5) is 0. The van der Waals surface area contributed by atoms with E-state index in [1.807, 2.05) is 26.8 Å². The van der Waals surface area contributed by atoms with Gasteiger partial charge in [-0.3, -0.25) is 0 Å². The third-order valence-corrected chi connectivity index (χ3v) is 3.40. The first kappa shape index (κ1) is 18.1. The Morgan fingerprint density at radius 1 is 1.38 bits per heavy atom. The highest BCUT2D eigenvalue weighted by Gasteiger charge is 2.13. The summed E-state index contributed by atoms with van der Waals surface area (Å²) in [6.07, 6.45) is 1.76. The highest BCUT2D eigenvalue weighted by Crippen LogP contribution is 2.34. The fraction of sp³-hybridized carbons (Fsp3) is 0.438. The van der Waals surface area contributed by atoms with E-state index >= 15 is 0 Å². The highest BCUT2D eigenvalue weighted by molar-refractivity contribution is 6.31. The Kier molecular flexibility index (Phi) is 6.43. The summed E-state index contributed by atoms with van der Waals surface area (Å²) in [5.41, 5.74) is 0.865. The van der Waals surface area contributed by atoms with Gasteiger partial charge in [-0.25, -0.2) is 4.68 Å². The number of nitrogens with zero attached hydrogens (tertiary/aromatic N) is 4. The van der Waals surface area contributed by atoms with Crippen LogP contribution in [0.2, 0.25) is 5.02 Å². The Morgan fingerprint density at radius 2 is 2.17 bits per heavy atom. The Hall–Kier alpha value is -2.28. The summed E-state index contributed by atoms with van der Waals surface area (Å²) in [5.74, 6) is 1.85. The molecule has 0 aliphatic carbocycles. The number of hydrogen-bond acceptors (Lipinski definition) is 6. The van der Waals surface area contributed by atoms with Gasteiger partial charge in [0.05, 0.1) is 19.3 Å². The topological polar surface area (TPSA) is 74.1 Å². The third kappa shape index (κ3) is 4.61. The van der Waals surface area contributed by atoms with Crippen LogP contribution in [-0.4, -0.2) is 32.9 Å². The molecule has 1 aromatic heterocycles. The second-order valence-electron chi connectivity index (χ2n) is 5.32. The van der Waals surface area contributed by atoms with Crippen LogP contribution in [0.25, 0.3) is 0 Å². The van der Waals surface area contributed by atoms with E-state index in [2.05, 4.69) is 27.4 Å². The van der Waals surface area contributed by atoms with E-state index in [-0.39, 0.29) is 6.10 Å². The Bertz CT molecular complexity index is 687. The smallest absolute Gasteiger partial charge is 0.243 e. The molecule has 0 atom stereocenters. The molecule has 8 heteroatoms. The van der Waals surface area contributed by atoms with E-state index in [1.54, 1.807) is 16.8 Å². The second-order valence-corrected chi connectivity index (χ2v) is 5.72. The zero-order valence-electron chi connectivity index (χ0n) is 14.1. The van der Waals surface area contributed by atoms with Crippen LogP contribution in [0.1, 0.15) is 26.3 Å². The molecule has 0 fully saturated rings. The van der Waals surface area contributed by atoms with Crippen molar-refractivity contribution in [2.75, 3.05) is 11.9 Å². The van der Waals surface area contributed by atoms with E-state index in [1.165, 1.54) is 0 Å². The lowest BCUT2D eigenvalue weighted by molar-refractivity contribution is 0.224. The van der Waals surface area contributed by atoms with Gasteiger partial charge in [0.1, 0.15) is 0 Å². The monoisotopic (exact) mass is 351 g/mol. The summed E-state index contributed by atoms with van der Waals surface area (Å²) in [6, 6.07) is 3.65. The molecule has 0 aliphatic heterocycles. The number of benzene rings is 1. The van der Waals surface area contributed by atoms with E-state index in [4.69, 9.17) is 21.1 Å². The number of halogens is 1. The maximum absolute atomic E-state index is 6.38. The third-order valence-electron chi connectivity index (χ3n) is 3.05. The van der Waals surface area contributed by atoms with Crippen molar-refractivity contribution in [1.29, 1.82) is 0 Å². The molecule has 0 bridgehead atoms. The lowest BCUT2D eigenvalue weighted by Crippen LogP contribution is -2.10. The van der Waals surface area contributed by atoms with Gasteiger partial charge in [0.2, 0.25) is 5.95 Å². The van der Waals surface area contributed by atoms with Crippen LogP contribution in [0.5, 0.6) is 11.5 Å².